The molecule has 0 spiro atoms. The van der Waals surface area contributed by atoms with Crippen molar-refractivity contribution in [2.45, 2.75) is 6.42 Å². The van der Waals surface area contributed by atoms with Crippen molar-refractivity contribution in [1.29, 1.82) is 0 Å². The number of amides is 1. The van der Waals surface area contributed by atoms with Crippen molar-refractivity contribution in [2.75, 3.05) is 25.6 Å². The van der Waals surface area contributed by atoms with Gasteiger partial charge in [0.05, 0.1) is 5.75 Å². The third-order valence-electron chi connectivity index (χ3n) is 1.14. The molecule has 0 saturated heterocycles. The lowest BCUT2D eigenvalue weighted by molar-refractivity contribution is 0.241. The minimum atomic E-state index is -3.05. The fourth-order valence-corrected chi connectivity index (χ4v) is 2.30. The molecule has 1 atom stereocenters. The van der Waals surface area contributed by atoms with Crippen LogP contribution in [0.4, 0.5) is 4.79 Å². The molecular formula is C6H13NO3S3. The van der Waals surface area contributed by atoms with E-state index in [-0.39, 0.29) is 11.0 Å². The summed E-state index contributed by atoms with van der Waals surface area (Å²) >= 11 is 5.42. The summed E-state index contributed by atoms with van der Waals surface area (Å²) in [7, 11) is 0.281. The van der Waals surface area contributed by atoms with Crippen LogP contribution in [0, 0.1) is 0 Å². The molecule has 0 heterocycles. The normalized spacial score (nSPS) is 15.0. The van der Waals surface area contributed by atoms with Gasteiger partial charge in [-0.05, 0) is 6.42 Å². The van der Waals surface area contributed by atoms with Crippen LogP contribution >= 0.6 is 11.8 Å². The number of rotatable bonds is 4. The second kappa shape index (κ2) is 5.79. The van der Waals surface area contributed by atoms with Gasteiger partial charge in [0, 0.05) is 31.0 Å². The first-order valence-electron chi connectivity index (χ1n) is 3.62. The number of hydrogen-bond acceptors (Lipinski definition) is 4. The first kappa shape index (κ1) is 13.2. The van der Waals surface area contributed by atoms with Crippen LogP contribution < -0.4 is 0 Å². The molecule has 0 aliphatic carbocycles. The Morgan fingerprint density at radius 1 is 1.62 bits per heavy atom. The van der Waals surface area contributed by atoms with E-state index in [9.17, 15) is 9.00 Å². The predicted molar refractivity (Wildman–Crippen MR) is 59.2 cm³/mol. The zero-order valence-electron chi connectivity index (χ0n) is 7.56. The summed E-state index contributed by atoms with van der Waals surface area (Å²) in [6.45, 7) is 0. The molecule has 0 aromatic rings. The molecule has 1 N–H and O–H groups in total. The fraction of sp³-hybridized carbons (Fsp3) is 0.833. The molecule has 7 heteroatoms. The van der Waals surface area contributed by atoms with Crippen molar-refractivity contribution in [3.63, 3.8) is 0 Å². The molecule has 13 heavy (non-hydrogen) atoms. The van der Waals surface area contributed by atoms with E-state index in [1.807, 2.05) is 0 Å². The van der Waals surface area contributed by atoms with Crippen LogP contribution in [0.1, 0.15) is 6.42 Å². The van der Waals surface area contributed by atoms with Crippen LogP contribution in [0.2, 0.25) is 0 Å². The van der Waals surface area contributed by atoms with Gasteiger partial charge in [-0.15, -0.1) is 0 Å². The Hall–Kier alpha value is 0.150. The van der Waals surface area contributed by atoms with Crippen molar-refractivity contribution >= 4 is 37.0 Å². The lowest BCUT2D eigenvalue weighted by Gasteiger charge is -2.08. The average Bonchev–Trinajstić information content (AvgIpc) is 1.95. The van der Waals surface area contributed by atoms with Crippen LogP contribution in [0.5, 0.6) is 0 Å². The lowest BCUT2D eigenvalue weighted by atomic mass is 10.6. The van der Waals surface area contributed by atoms with Gasteiger partial charge in [-0.3, -0.25) is 4.79 Å². The zero-order chi connectivity index (χ0) is 10.5. The second-order valence-electron chi connectivity index (χ2n) is 2.65. The highest BCUT2D eigenvalue weighted by atomic mass is 32.8. The van der Waals surface area contributed by atoms with E-state index in [2.05, 4.69) is 11.2 Å². The van der Waals surface area contributed by atoms with Gasteiger partial charge in [0.25, 0.3) is 5.24 Å². The molecule has 4 nitrogen and oxygen atoms in total. The van der Waals surface area contributed by atoms with Gasteiger partial charge in [-0.1, -0.05) is 11.8 Å². The molecule has 0 aliphatic rings. The lowest BCUT2D eigenvalue weighted by Crippen LogP contribution is -2.17. The van der Waals surface area contributed by atoms with Gasteiger partial charge >= 0.3 is 0 Å². The van der Waals surface area contributed by atoms with Gasteiger partial charge in [0.15, 0.2) is 0 Å². The van der Waals surface area contributed by atoms with Gasteiger partial charge < -0.3 is 9.45 Å². The van der Waals surface area contributed by atoms with E-state index in [1.54, 1.807) is 14.1 Å². The van der Waals surface area contributed by atoms with Crippen LogP contribution in [0.15, 0.2) is 0 Å². The summed E-state index contributed by atoms with van der Waals surface area (Å²) in [6, 6.07) is 0. The van der Waals surface area contributed by atoms with Crippen LogP contribution in [-0.2, 0) is 20.0 Å². The summed E-state index contributed by atoms with van der Waals surface area (Å²) in [5.41, 5.74) is 0. The Morgan fingerprint density at radius 2 is 2.15 bits per heavy atom. The van der Waals surface area contributed by atoms with Crippen molar-refractivity contribution < 1.29 is 13.6 Å². The van der Waals surface area contributed by atoms with Crippen molar-refractivity contribution in [3.8, 4) is 0 Å². The molecule has 0 saturated carbocycles. The number of carbonyl (C=O) groups is 1. The number of thioether (sulfide) groups is 1. The maximum absolute atomic E-state index is 11.0. The Kier molecular flexibility index (Phi) is 5.86. The van der Waals surface area contributed by atoms with E-state index in [1.165, 1.54) is 4.90 Å². The second-order valence-corrected chi connectivity index (χ2v) is 6.83. The number of hydrogen-bond donors (Lipinski definition) is 1. The Balaban J connectivity index is 3.53. The SMILES string of the molecule is CN(C)C(=O)SCCCS(=O)(O)=S. The van der Waals surface area contributed by atoms with E-state index in [4.69, 9.17) is 4.55 Å². The maximum Gasteiger partial charge on any atom is 0.281 e. The van der Waals surface area contributed by atoms with Gasteiger partial charge in [0.1, 0.15) is 8.77 Å². The van der Waals surface area contributed by atoms with Crippen LogP contribution in [-0.4, -0.2) is 44.5 Å². The highest BCUT2D eigenvalue weighted by Crippen LogP contribution is 2.07. The molecule has 0 rings (SSSR count). The average molecular weight is 243 g/mol. The summed E-state index contributed by atoms with van der Waals surface area (Å²) in [5, 5.41) is -0.0474. The quantitative estimate of drug-likeness (QED) is 0.747. The van der Waals surface area contributed by atoms with Gasteiger partial charge in [-0.25, -0.2) is 4.21 Å². The minimum absolute atomic E-state index is 0.0474. The summed E-state index contributed by atoms with van der Waals surface area (Å²) in [6.07, 6.45) is 0.489. The molecular weight excluding hydrogens is 230 g/mol. The number of carbonyl (C=O) groups excluding carboxylic acids is 1. The standard InChI is InChI=1S/C6H13NO3S3/c1-7(2)6(8)12-4-3-5-13(9,10)11/h3-5H2,1-2H3,(H,9,10,11). The van der Waals surface area contributed by atoms with E-state index >= 15 is 0 Å². The Labute approximate surface area is 87.6 Å². The van der Waals surface area contributed by atoms with E-state index in [0.717, 1.165) is 11.8 Å². The summed E-state index contributed by atoms with van der Waals surface area (Å²) in [4.78, 5) is 12.5. The zero-order valence-corrected chi connectivity index (χ0v) is 10.0. The van der Waals surface area contributed by atoms with Crippen molar-refractivity contribution in [3.05, 3.63) is 0 Å². The molecule has 1 amide bonds. The van der Waals surface area contributed by atoms with E-state index in [0.29, 0.717) is 12.2 Å². The van der Waals surface area contributed by atoms with Gasteiger partial charge in [-0.2, -0.15) is 0 Å². The molecule has 0 aromatic carbocycles. The third kappa shape index (κ3) is 8.48. The first-order chi connectivity index (χ1) is 5.83. The highest BCUT2D eigenvalue weighted by Gasteiger charge is 2.05. The summed E-state index contributed by atoms with van der Waals surface area (Å²) in [5.74, 6) is 0.612. The Bertz CT molecular complexity index is 260. The molecule has 78 valence electrons. The third-order valence-corrected chi connectivity index (χ3v) is 3.55. The molecule has 0 radical (unpaired) electrons. The summed E-state index contributed by atoms with van der Waals surface area (Å²) < 4.78 is 19.4. The van der Waals surface area contributed by atoms with Crippen LogP contribution in [0.3, 0.4) is 0 Å². The highest BCUT2D eigenvalue weighted by molar-refractivity contribution is 8.29. The molecule has 0 aromatic heterocycles. The fourth-order valence-electron chi connectivity index (χ4n) is 0.530. The minimum Gasteiger partial charge on any atom is -0.340 e. The maximum atomic E-state index is 11.0. The first-order valence-corrected chi connectivity index (χ1v) is 7.21. The van der Waals surface area contributed by atoms with Crippen LogP contribution in [0.25, 0.3) is 0 Å². The molecule has 0 bridgehead atoms. The smallest absolute Gasteiger partial charge is 0.281 e. The molecule has 1 unspecified atom stereocenters. The van der Waals surface area contributed by atoms with E-state index < -0.39 is 8.77 Å². The van der Waals surface area contributed by atoms with Crippen molar-refractivity contribution in [1.82, 2.24) is 4.90 Å². The number of nitrogens with zero attached hydrogens (tertiary/aromatic N) is 1. The topological polar surface area (TPSA) is 57.6 Å². The molecule has 0 aliphatic heterocycles. The van der Waals surface area contributed by atoms with Crippen molar-refractivity contribution in [2.24, 2.45) is 0 Å². The monoisotopic (exact) mass is 243 g/mol. The Morgan fingerprint density at radius 3 is 2.54 bits per heavy atom. The van der Waals surface area contributed by atoms with Gasteiger partial charge in [0.2, 0.25) is 0 Å². The largest absolute Gasteiger partial charge is 0.340 e. The molecule has 0 fully saturated rings. The predicted octanol–water partition coefficient (Wildman–Crippen LogP) is 1.01.